The quantitative estimate of drug-likeness (QED) is 0.923. The number of benzene rings is 2. The van der Waals surface area contributed by atoms with Crippen LogP contribution < -0.4 is 5.32 Å². The first kappa shape index (κ1) is 17.3. The Bertz CT molecular complexity index is 814. The highest BCUT2D eigenvalue weighted by Crippen LogP contribution is 2.26. The third-order valence-electron chi connectivity index (χ3n) is 6.09. The van der Waals surface area contributed by atoms with Gasteiger partial charge in [0, 0.05) is 25.0 Å². The lowest BCUT2D eigenvalue weighted by molar-refractivity contribution is -0.125. The van der Waals surface area contributed by atoms with Crippen LogP contribution in [0.25, 0.3) is 0 Å². The van der Waals surface area contributed by atoms with Crippen molar-refractivity contribution in [2.75, 3.05) is 13.6 Å². The van der Waals surface area contributed by atoms with E-state index >= 15 is 0 Å². The first-order valence-electron chi connectivity index (χ1n) is 9.73. The third kappa shape index (κ3) is 3.54. The standard InChI is InChI=1S/C23H28N2O/c1-16-7-8-20-15-25(2)22(13-21(20)11-16)14-24-23(26)19-10-9-17-5-3-4-6-18(17)12-19/h3-8,11,19,22H,9-10,12-15H2,1-2H3,(H,24,26)/t19-,22+/m0/s1. The van der Waals surface area contributed by atoms with E-state index in [0.29, 0.717) is 6.04 Å². The summed E-state index contributed by atoms with van der Waals surface area (Å²) in [6.45, 7) is 3.85. The molecule has 0 bridgehead atoms. The molecule has 4 rings (SSSR count). The highest BCUT2D eigenvalue weighted by atomic mass is 16.1. The van der Waals surface area contributed by atoms with Crippen molar-refractivity contribution in [3.8, 4) is 0 Å². The van der Waals surface area contributed by atoms with Crippen molar-refractivity contribution < 1.29 is 4.79 Å². The first-order chi connectivity index (χ1) is 12.6. The molecule has 0 radical (unpaired) electrons. The molecule has 2 atom stereocenters. The summed E-state index contributed by atoms with van der Waals surface area (Å²) in [4.78, 5) is 15.1. The largest absolute Gasteiger partial charge is 0.354 e. The average Bonchev–Trinajstić information content (AvgIpc) is 2.66. The summed E-state index contributed by atoms with van der Waals surface area (Å²) in [5.41, 5.74) is 6.93. The van der Waals surface area contributed by atoms with Crippen LogP contribution in [0.4, 0.5) is 0 Å². The highest BCUT2D eigenvalue weighted by molar-refractivity contribution is 5.79. The number of nitrogens with zero attached hydrogens (tertiary/aromatic N) is 1. The molecule has 0 saturated carbocycles. The fourth-order valence-electron chi connectivity index (χ4n) is 4.42. The minimum Gasteiger partial charge on any atom is -0.354 e. The number of aryl methyl sites for hydroxylation is 2. The Morgan fingerprint density at radius 1 is 1.08 bits per heavy atom. The summed E-state index contributed by atoms with van der Waals surface area (Å²) in [5.74, 6) is 0.344. The summed E-state index contributed by atoms with van der Waals surface area (Å²) in [5, 5.41) is 3.25. The molecule has 3 heteroatoms. The van der Waals surface area contributed by atoms with Gasteiger partial charge in [0.25, 0.3) is 0 Å². The Balaban J connectivity index is 1.36. The van der Waals surface area contributed by atoms with Crippen LogP contribution >= 0.6 is 0 Å². The van der Waals surface area contributed by atoms with Gasteiger partial charge in [-0.3, -0.25) is 9.69 Å². The lowest BCUT2D eigenvalue weighted by Crippen LogP contribution is -2.47. The van der Waals surface area contributed by atoms with E-state index in [2.05, 4.69) is 66.7 Å². The van der Waals surface area contributed by atoms with E-state index in [9.17, 15) is 4.79 Å². The monoisotopic (exact) mass is 348 g/mol. The minimum absolute atomic E-state index is 0.119. The number of likely N-dealkylation sites (N-methyl/N-ethyl adjacent to an activating group) is 1. The first-order valence-corrected chi connectivity index (χ1v) is 9.73. The van der Waals surface area contributed by atoms with E-state index in [4.69, 9.17) is 0 Å². The van der Waals surface area contributed by atoms with E-state index in [1.165, 1.54) is 27.8 Å². The maximum absolute atomic E-state index is 12.7. The Morgan fingerprint density at radius 2 is 1.88 bits per heavy atom. The molecule has 2 aliphatic rings. The molecule has 0 spiro atoms. The zero-order valence-electron chi connectivity index (χ0n) is 15.8. The molecule has 0 fully saturated rings. The minimum atomic E-state index is 0.119. The maximum atomic E-state index is 12.7. The van der Waals surface area contributed by atoms with Crippen LogP contribution in [0.1, 0.15) is 34.2 Å². The van der Waals surface area contributed by atoms with E-state index in [1.54, 1.807) is 0 Å². The van der Waals surface area contributed by atoms with Gasteiger partial charge in [-0.15, -0.1) is 0 Å². The molecular weight excluding hydrogens is 320 g/mol. The summed E-state index contributed by atoms with van der Waals surface area (Å²) in [6.07, 6.45) is 3.88. The van der Waals surface area contributed by atoms with Crippen molar-refractivity contribution >= 4 is 5.91 Å². The Kier molecular flexibility index (Phi) is 4.82. The second-order valence-electron chi connectivity index (χ2n) is 8.00. The molecule has 1 N–H and O–H groups in total. The Morgan fingerprint density at radius 3 is 2.73 bits per heavy atom. The van der Waals surface area contributed by atoms with Gasteiger partial charge in [-0.05, 0) is 61.9 Å². The molecule has 0 saturated heterocycles. The molecule has 1 aliphatic heterocycles. The Labute approximate surface area is 156 Å². The Hall–Kier alpha value is -2.13. The SMILES string of the molecule is Cc1ccc2c(c1)C[C@H](CNC(=O)[C@H]1CCc3ccccc3C1)N(C)C2. The number of rotatable bonds is 3. The average molecular weight is 348 g/mol. The van der Waals surface area contributed by atoms with Gasteiger partial charge in [0.1, 0.15) is 0 Å². The predicted molar refractivity (Wildman–Crippen MR) is 105 cm³/mol. The smallest absolute Gasteiger partial charge is 0.223 e. The molecule has 2 aromatic rings. The van der Waals surface area contributed by atoms with Crippen LogP contribution in [0.3, 0.4) is 0 Å². The summed E-state index contributed by atoms with van der Waals surface area (Å²) in [7, 11) is 2.16. The van der Waals surface area contributed by atoms with E-state index in [-0.39, 0.29) is 11.8 Å². The van der Waals surface area contributed by atoms with Crippen molar-refractivity contribution in [2.45, 2.75) is 45.2 Å². The topological polar surface area (TPSA) is 32.3 Å². The number of nitrogens with one attached hydrogen (secondary N) is 1. The predicted octanol–water partition coefficient (Wildman–Crippen LogP) is 3.27. The van der Waals surface area contributed by atoms with Crippen LogP contribution in [0.15, 0.2) is 42.5 Å². The molecule has 26 heavy (non-hydrogen) atoms. The van der Waals surface area contributed by atoms with Gasteiger partial charge in [-0.1, -0.05) is 48.0 Å². The lowest BCUT2D eigenvalue weighted by atomic mass is 9.83. The normalized spacial score (nSPS) is 22.4. The van der Waals surface area contributed by atoms with Crippen LogP contribution in [0.5, 0.6) is 0 Å². The number of hydrogen-bond acceptors (Lipinski definition) is 2. The highest BCUT2D eigenvalue weighted by Gasteiger charge is 2.27. The van der Waals surface area contributed by atoms with Crippen molar-refractivity contribution in [3.63, 3.8) is 0 Å². The number of carbonyl (C=O) groups is 1. The van der Waals surface area contributed by atoms with Gasteiger partial charge in [0.05, 0.1) is 0 Å². The van der Waals surface area contributed by atoms with Gasteiger partial charge >= 0.3 is 0 Å². The molecule has 3 nitrogen and oxygen atoms in total. The van der Waals surface area contributed by atoms with Crippen LogP contribution in [-0.4, -0.2) is 30.4 Å². The van der Waals surface area contributed by atoms with E-state index in [0.717, 1.165) is 38.8 Å². The van der Waals surface area contributed by atoms with Crippen LogP contribution in [0, 0.1) is 12.8 Å². The third-order valence-corrected chi connectivity index (χ3v) is 6.09. The van der Waals surface area contributed by atoms with Gasteiger partial charge < -0.3 is 5.32 Å². The fraction of sp³-hybridized carbons (Fsp3) is 0.435. The lowest BCUT2D eigenvalue weighted by Gasteiger charge is -2.35. The summed E-state index contributed by atoms with van der Waals surface area (Å²) < 4.78 is 0. The second kappa shape index (κ2) is 7.24. The molecule has 1 heterocycles. The van der Waals surface area contributed by atoms with Crippen molar-refractivity contribution in [1.82, 2.24) is 10.2 Å². The van der Waals surface area contributed by atoms with Crippen LogP contribution in [-0.2, 0) is 30.6 Å². The van der Waals surface area contributed by atoms with Gasteiger partial charge in [-0.25, -0.2) is 0 Å². The number of hydrogen-bond donors (Lipinski definition) is 1. The zero-order valence-corrected chi connectivity index (χ0v) is 15.8. The molecule has 1 aliphatic carbocycles. The fourth-order valence-corrected chi connectivity index (χ4v) is 4.42. The van der Waals surface area contributed by atoms with Crippen molar-refractivity contribution in [2.24, 2.45) is 5.92 Å². The number of fused-ring (bicyclic) bond motifs is 2. The maximum Gasteiger partial charge on any atom is 0.223 e. The molecule has 1 amide bonds. The summed E-state index contributed by atoms with van der Waals surface area (Å²) in [6, 6.07) is 15.7. The zero-order chi connectivity index (χ0) is 18.1. The number of carbonyl (C=O) groups excluding carboxylic acids is 1. The van der Waals surface area contributed by atoms with Crippen molar-refractivity contribution in [1.29, 1.82) is 0 Å². The second-order valence-corrected chi connectivity index (χ2v) is 8.00. The molecular formula is C23H28N2O. The molecule has 0 aromatic heterocycles. The van der Waals surface area contributed by atoms with Gasteiger partial charge in [0.15, 0.2) is 0 Å². The van der Waals surface area contributed by atoms with E-state index in [1.807, 2.05) is 0 Å². The number of amides is 1. The van der Waals surface area contributed by atoms with Gasteiger partial charge in [-0.2, -0.15) is 0 Å². The van der Waals surface area contributed by atoms with Gasteiger partial charge in [0.2, 0.25) is 5.91 Å². The summed E-state index contributed by atoms with van der Waals surface area (Å²) >= 11 is 0. The van der Waals surface area contributed by atoms with E-state index < -0.39 is 0 Å². The molecule has 0 unspecified atom stereocenters. The van der Waals surface area contributed by atoms with Crippen molar-refractivity contribution in [3.05, 3.63) is 70.3 Å². The molecule has 2 aromatic carbocycles. The van der Waals surface area contributed by atoms with Crippen LogP contribution in [0.2, 0.25) is 0 Å². The molecule has 136 valence electrons.